The van der Waals surface area contributed by atoms with Crippen molar-refractivity contribution in [3.05, 3.63) is 167 Å². The molecule has 0 aromatic heterocycles. The maximum absolute atomic E-state index is 10.3. The van der Waals surface area contributed by atoms with E-state index < -0.39 is 0 Å². The minimum Gasteiger partial charge on any atom is -0.383 e. The second-order valence-electron chi connectivity index (χ2n) is 14.0. The number of hydrogen-bond acceptors (Lipinski definition) is 2. The van der Waals surface area contributed by atoms with Crippen LogP contribution in [0.3, 0.4) is 0 Å². The summed E-state index contributed by atoms with van der Waals surface area (Å²) in [6, 6.07) is 48.5. The molecule has 5 aromatic rings. The van der Waals surface area contributed by atoms with E-state index >= 15 is 0 Å². The maximum atomic E-state index is 10.3. The summed E-state index contributed by atoms with van der Waals surface area (Å²) in [7, 11) is 6.16. The van der Waals surface area contributed by atoms with Crippen LogP contribution in [0.25, 0.3) is 16.8 Å². The zero-order valence-electron chi connectivity index (χ0n) is 28.2. The second-order valence-corrected chi connectivity index (χ2v) is 14.0. The first-order valence-corrected chi connectivity index (χ1v) is 17.6. The molecule has 2 aliphatic carbocycles. The highest BCUT2D eigenvalue weighted by atomic mass is 14.9. The molecule has 2 N–H and O–H groups in total. The summed E-state index contributed by atoms with van der Waals surface area (Å²) < 4.78 is 0. The third-order valence-corrected chi connectivity index (χ3v) is 11.1. The lowest BCUT2D eigenvalue weighted by molar-refractivity contribution is 0.0642. The summed E-state index contributed by atoms with van der Waals surface area (Å²) in [5.41, 5.74) is 16.3. The Kier molecular flexibility index (Phi) is 9.36. The Labute approximate surface area is 292 Å². The van der Waals surface area contributed by atoms with Crippen LogP contribution in [0, 0.1) is 29.1 Å². The summed E-state index contributed by atoms with van der Waals surface area (Å²) in [6.45, 7) is 2.47. The van der Waals surface area contributed by atoms with Gasteiger partial charge in [-0.1, -0.05) is 159 Å². The molecule has 4 heteroatoms. The number of nitrogens with two attached hydrogens (primary N) is 1. The molecular weight excluding hydrogens is 593 g/mol. The largest absolute Gasteiger partial charge is 0.383 e. The van der Waals surface area contributed by atoms with Crippen LogP contribution in [0.5, 0.6) is 0 Å². The number of aliphatic imine (C=N–C) groups is 1. The average Bonchev–Trinajstić information content (AvgIpc) is 3.15. The Morgan fingerprint density at radius 2 is 1.35 bits per heavy atom. The van der Waals surface area contributed by atoms with Crippen molar-refractivity contribution in [2.75, 3.05) is 0 Å². The predicted octanol–water partition coefficient (Wildman–Crippen LogP) is 9.16. The predicted molar refractivity (Wildman–Crippen MR) is 204 cm³/mol. The summed E-state index contributed by atoms with van der Waals surface area (Å²) in [5, 5.41) is 10.3. The van der Waals surface area contributed by atoms with Gasteiger partial charge in [-0.25, -0.2) is 4.99 Å². The fraction of sp³-hybridized carbons (Fsp3) is 0.244. The van der Waals surface area contributed by atoms with E-state index in [1.165, 1.54) is 43.2 Å². The Hall–Kier alpha value is -5.14. The van der Waals surface area contributed by atoms with Gasteiger partial charge in [0.25, 0.3) is 0 Å². The van der Waals surface area contributed by atoms with Gasteiger partial charge in [0.15, 0.2) is 0 Å². The van der Waals surface area contributed by atoms with Crippen LogP contribution >= 0.6 is 0 Å². The van der Waals surface area contributed by atoms with Crippen LogP contribution in [0.15, 0.2) is 144 Å². The fourth-order valence-electron chi connectivity index (χ4n) is 8.81. The molecule has 2 saturated carbocycles. The zero-order valence-corrected chi connectivity index (χ0v) is 28.2. The number of amidine groups is 1. The topological polar surface area (TPSA) is 62.2 Å². The van der Waals surface area contributed by atoms with Crippen LogP contribution in [-0.4, -0.2) is 13.7 Å². The zero-order chi connectivity index (χ0) is 33.8. The number of fused-ring (bicyclic) bond motifs is 2. The summed E-state index contributed by atoms with van der Waals surface area (Å²) >= 11 is 0. The Morgan fingerprint density at radius 3 is 1.98 bits per heavy atom. The number of allylic oxidation sites excluding steroid dienone is 1. The van der Waals surface area contributed by atoms with E-state index in [0.29, 0.717) is 35.4 Å². The van der Waals surface area contributed by atoms with Crippen molar-refractivity contribution in [3.63, 3.8) is 0 Å². The van der Waals surface area contributed by atoms with Gasteiger partial charge >= 0.3 is 0 Å². The molecule has 5 aromatic carbocycles. The Morgan fingerprint density at radius 1 is 0.755 bits per heavy atom. The maximum Gasteiger partial charge on any atom is 0.131 e. The van der Waals surface area contributed by atoms with Crippen molar-refractivity contribution in [1.82, 2.24) is 0 Å². The van der Waals surface area contributed by atoms with E-state index in [0.717, 1.165) is 39.2 Å². The third kappa shape index (κ3) is 6.51. The van der Waals surface area contributed by atoms with Gasteiger partial charge in [-0.05, 0) is 64.8 Å². The monoisotopic (exact) mass is 635 g/mol. The SMILES string of the molecule is [B]c1ccc(C2(c3ccc(-c4ccc(/C(N=C(N)c5ccccc5)=C(\C#N)Cc5ccccc5)cc4)cc3)C(C)CC3CCCC2C3)cc1. The first-order valence-electron chi connectivity index (χ1n) is 17.6. The van der Waals surface area contributed by atoms with Crippen LogP contribution in [0.1, 0.15) is 66.8 Å². The van der Waals surface area contributed by atoms with Gasteiger partial charge < -0.3 is 5.73 Å². The fourth-order valence-corrected chi connectivity index (χ4v) is 8.81. The molecule has 0 heterocycles. The molecular formula is C45H42BN3. The first kappa shape index (κ1) is 32.4. The minimum atomic E-state index is -0.0180. The number of benzene rings is 5. The number of nitriles is 1. The highest BCUT2D eigenvalue weighted by molar-refractivity contribution is 6.32. The lowest BCUT2D eigenvalue weighted by Gasteiger charge is -2.54. The summed E-state index contributed by atoms with van der Waals surface area (Å²) in [4.78, 5) is 4.87. The van der Waals surface area contributed by atoms with Crippen LogP contribution in [-0.2, 0) is 11.8 Å². The molecule has 2 radical (unpaired) electrons. The minimum absolute atomic E-state index is 0.0180. The summed E-state index contributed by atoms with van der Waals surface area (Å²) in [5.74, 6) is 2.40. The van der Waals surface area contributed by atoms with Crippen molar-refractivity contribution in [2.24, 2.45) is 28.5 Å². The molecule has 3 nitrogen and oxygen atoms in total. The van der Waals surface area contributed by atoms with E-state index in [1.54, 1.807) is 0 Å². The van der Waals surface area contributed by atoms with Crippen LogP contribution in [0.2, 0.25) is 0 Å². The van der Waals surface area contributed by atoms with Crippen molar-refractivity contribution < 1.29 is 0 Å². The van der Waals surface area contributed by atoms with Gasteiger partial charge in [-0.2, -0.15) is 5.26 Å². The van der Waals surface area contributed by atoms with Gasteiger partial charge in [-0.3, -0.25) is 0 Å². The lowest BCUT2D eigenvalue weighted by Crippen LogP contribution is -2.49. The van der Waals surface area contributed by atoms with Crippen LogP contribution < -0.4 is 11.2 Å². The van der Waals surface area contributed by atoms with E-state index in [9.17, 15) is 5.26 Å². The van der Waals surface area contributed by atoms with Gasteiger partial charge in [0.05, 0.1) is 17.3 Å². The number of rotatable bonds is 8. The van der Waals surface area contributed by atoms with E-state index in [-0.39, 0.29) is 5.41 Å². The smallest absolute Gasteiger partial charge is 0.131 e. The molecule has 2 aliphatic rings. The normalized spacial score (nSPS) is 22.5. The molecule has 240 valence electrons. The molecule has 0 saturated heterocycles. The molecule has 2 bridgehead atoms. The molecule has 7 rings (SSSR count). The molecule has 4 unspecified atom stereocenters. The second kappa shape index (κ2) is 14.2. The summed E-state index contributed by atoms with van der Waals surface area (Å²) in [6.07, 6.45) is 7.01. The van der Waals surface area contributed by atoms with E-state index in [4.69, 9.17) is 18.6 Å². The molecule has 0 spiro atoms. The van der Waals surface area contributed by atoms with Crippen molar-refractivity contribution >= 4 is 24.8 Å². The first-order chi connectivity index (χ1) is 23.9. The van der Waals surface area contributed by atoms with Gasteiger partial charge in [0.1, 0.15) is 13.7 Å². The molecule has 4 atom stereocenters. The molecule has 0 aliphatic heterocycles. The van der Waals surface area contributed by atoms with Crippen molar-refractivity contribution in [3.8, 4) is 17.2 Å². The highest BCUT2D eigenvalue weighted by Crippen LogP contribution is 2.57. The quantitative estimate of drug-likeness (QED) is 0.0800. The molecule has 2 fully saturated rings. The van der Waals surface area contributed by atoms with E-state index in [2.05, 4.69) is 85.8 Å². The molecule has 0 amide bonds. The standard InChI is InChI=1S/C45H42BN3/c1-31-27-33-11-8-14-41(29-33)45(31,40-23-25-42(46)26-24-40)39-21-19-35(20-22-39)34-15-17-36(18-16-34)43(49-44(48)37-12-6-3-7-13-37)38(30-47)28-32-9-4-2-5-10-32/h2-7,9-10,12-13,15-26,31,33,41H,8,11,14,27-29H2,1H3,(H2,48,49)/b43-38+. The van der Waals surface area contributed by atoms with Crippen molar-refractivity contribution in [2.45, 2.75) is 50.9 Å². The van der Waals surface area contributed by atoms with Crippen molar-refractivity contribution in [1.29, 1.82) is 5.26 Å². The third-order valence-electron chi connectivity index (χ3n) is 11.1. The van der Waals surface area contributed by atoms with E-state index in [1.807, 2.05) is 60.7 Å². The number of hydrogen-bond donors (Lipinski definition) is 1. The van der Waals surface area contributed by atoms with Crippen LogP contribution in [0.4, 0.5) is 0 Å². The Bertz CT molecular complexity index is 1990. The van der Waals surface area contributed by atoms with Gasteiger partial charge in [-0.15, -0.1) is 0 Å². The number of nitrogens with zero attached hydrogens (tertiary/aromatic N) is 2. The highest BCUT2D eigenvalue weighted by Gasteiger charge is 2.51. The molecule has 49 heavy (non-hydrogen) atoms. The van der Waals surface area contributed by atoms with Gasteiger partial charge in [0.2, 0.25) is 0 Å². The average molecular weight is 636 g/mol. The van der Waals surface area contributed by atoms with Gasteiger partial charge in [0, 0.05) is 23.0 Å². The Balaban J connectivity index is 1.24. The lowest BCUT2D eigenvalue weighted by atomic mass is 9.49.